The molecule has 3 aromatic carbocycles. The Kier molecular flexibility index (Phi) is 6.00. The Balaban J connectivity index is 1.39. The van der Waals surface area contributed by atoms with Gasteiger partial charge < -0.3 is 4.90 Å². The monoisotopic (exact) mass is 509 g/mol. The molecule has 0 bridgehead atoms. The second kappa shape index (κ2) is 9.81. The molecule has 0 aliphatic carbocycles. The molecule has 7 rings (SSSR count). The zero-order chi connectivity index (χ0) is 26.3. The summed E-state index contributed by atoms with van der Waals surface area (Å²) in [5.41, 5.74) is 7.95. The summed E-state index contributed by atoms with van der Waals surface area (Å²) in [7, 11) is 4.17. The van der Waals surface area contributed by atoms with Gasteiger partial charge in [-0.15, -0.1) is 0 Å². The van der Waals surface area contributed by atoms with Gasteiger partial charge in [0.15, 0.2) is 18.1 Å². The highest BCUT2D eigenvalue weighted by Gasteiger charge is 2.24. The third-order valence-electron chi connectivity index (χ3n) is 8.36. The highest BCUT2D eigenvalue weighted by Crippen LogP contribution is 2.24. The Labute approximate surface area is 230 Å². The van der Waals surface area contributed by atoms with Crippen LogP contribution in [-0.4, -0.2) is 31.4 Å². The normalized spacial score (nSPS) is 16.2. The SMILES string of the molecule is CN(C)c1ccc2cc(C=CC3=Cc4ccc5c(c4=c4cccc[n+]4=C3)=C3CCCC=[N+]3CCC5)ccc2c1. The topological polar surface area (TPSA) is 12.2 Å². The lowest BCUT2D eigenvalue weighted by Crippen LogP contribution is -2.26. The average Bonchev–Trinajstić information content (AvgIpc) is 3.25. The Morgan fingerprint density at radius 3 is 2.64 bits per heavy atom. The Morgan fingerprint density at radius 1 is 0.821 bits per heavy atom. The van der Waals surface area contributed by atoms with Crippen molar-refractivity contribution in [1.29, 1.82) is 0 Å². The molecular formula is C36H35N3+2. The third kappa shape index (κ3) is 4.42. The van der Waals surface area contributed by atoms with Gasteiger partial charge >= 0.3 is 0 Å². The van der Waals surface area contributed by atoms with E-state index in [1.54, 1.807) is 0 Å². The minimum Gasteiger partial charge on any atom is -0.378 e. The predicted molar refractivity (Wildman–Crippen MR) is 162 cm³/mol. The molecule has 4 heterocycles. The van der Waals surface area contributed by atoms with Gasteiger partial charge in [0.05, 0.1) is 10.4 Å². The van der Waals surface area contributed by atoms with Crippen LogP contribution in [0.15, 0.2) is 84.6 Å². The van der Waals surface area contributed by atoms with Gasteiger partial charge in [0, 0.05) is 56.8 Å². The van der Waals surface area contributed by atoms with Crippen molar-refractivity contribution in [3.8, 4) is 0 Å². The number of allylic oxidation sites excluding steroid dienone is 2. The number of rotatable bonds is 3. The van der Waals surface area contributed by atoms with Crippen LogP contribution in [-0.2, 0) is 6.42 Å². The summed E-state index contributed by atoms with van der Waals surface area (Å²) in [4.78, 5) is 2.15. The number of anilines is 1. The van der Waals surface area contributed by atoms with Crippen molar-refractivity contribution in [2.45, 2.75) is 32.1 Å². The van der Waals surface area contributed by atoms with Gasteiger partial charge in [0.25, 0.3) is 0 Å². The van der Waals surface area contributed by atoms with Crippen molar-refractivity contribution in [2.75, 3.05) is 25.5 Å². The predicted octanol–water partition coefficient (Wildman–Crippen LogP) is 5.92. The van der Waals surface area contributed by atoms with Crippen molar-refractivity contribution in [3.05, 3.63) is 123 Å². The van der Waals surface area contributed by atoms with E-state index in [1.807, 2.05) is 0 Å². The summed E-state index contributed by atoms with van der Waals surface area (Å²) in [5.74, 6) is 0. The fourth-order valence-electron chi connectivity index (χ4n) is 6.38. The van der Waals surface area contributed by atoms with Gasteiger partial charge in [-0.2, -0.15) is 4.24 Å². The second-order valence-electron chi connectivity index (χ2n) is 11.2. The first-order valence-electron chi connectivity index (χ1n) is 14.2. The average molecular weight is 510 g/mol. The van der Waals surface area contributed by atoms with Crippen LogP contribution in [0.2, 0.25) is 0 Å². The van der Waals surface area contributed by atoms with E-state index in [1.165, 1.54) is 79.5 Å². The van der Waals surface area contributed by atoms with Crippen LogP contribution in [0.4, 0.5) is 5.69 Å². The molecule has 1 aromatic heterocycles. The van der Waals surface area contributed by atoms with Crippen LogP contribution in [0.5, 0.6) is 0 Å². The molecule has 4 aromatic rings. The highest BCUT2D eigenvalue weighted by atomic mass is 15.1. The number of benzene rings is 3. The Bertz CT molecular complexity index is 1940. The van der Waals surface area contributed by atoms with Gasteiger partial charge in [-0.05, 0) is 76.7 Å². The summed E-state index contributed by atoms with van der Waals surface area (Å²) in [5, 5.41) is 6.66. The van der Waals surface area contributed by atoms with Crippen molar-refractivity contribution in [3.63, 3.8) is 0 Å². The van der Waals surface area contributed by atoms with Gasteiger partial charge in [0.1, 0.15) is 12.8 Å². The van der Waals surface area contributed by atoms with E-state index in [0.29, 0.717) is 0 Å². The molecule has 3 heteroatoms. The van der Waals surface area contributed by atoms with E-state index in [-0.39, 0.29) is 0 Å². The molecule has 0 radical (unpaired) electrons. The van der Waals surface area contributed by atoms with Crippen LogP contribution in [0.3, 0.4) is 0 Å². The van der Waals surface area contributed by atoms with E-state index in [4.69, 9.17) is 0 Å². The smallest absolute Gasteiger partial charge is 0.219 e. The summed E-state index contributed by atoms with van der Waals surface area (Å²) in [6, 6.07) is 24.7. The molecule has 0 unspecified atom stereocenters. The Morgan fingerprint density at radius 2 is 1.72 bits per heavy atom. The number of hydrogen-bond acceptors (Lipinski definition) is 1. The molecule has 3 nitrogen and oxygen atoms in total. The molecule has 3 aliphatic rings. The molecule has 0 N–H and O–H groups in total. The molecule has 3 aliphatic heterocycles. The van der Waals surface area contributed by atoms with Crippen molar-refractivity contribution < 1.29 is 8.82 Å². The molecule has 0 atom stereocenters. The largest absolute Gasteiger partial charge is 0.378 e. The molecule has 192 valence electrons. The summed E-state index contributed by atoms with van der Waals surface area (Å²) < 4.78 is 4.87. The van der Waals surface area contributed by atoms with Crippen molar-refractivity contribution >= 4 is 40.5 Å². The van der Waals surface area contributed by atoms with Crippen LogP contribution >= 0.6 is 0 Å². The van der Waals surface area contributed by atoms with Crippen LogP contribution < -0.4 is 14.4 Å². The van der Waals surface area contributed by atoms with E-state index < -0.39 is 0 Å². The maximum Gasteiger partial charge on any atom is 0.219 e. The Hall–Kier alpha value is -4.24. The fourth-order valence-corrected chi connectivity index (χ4v) is 6.38. The maximum absolute atomic E-state index is 2.56. The lowest BCUT2D eigenvalue weighted by molar-refractivity contribution is -0.519. The number of aryl methyl sites for hydroxylation is 1. The zero-order valence-electron chi connectivity index (χ0n) is 22.9. The zero-order valence-corrected chi connectivity index (χ0v) is 22.9. The van der Waals surface area contributed by atoms with E-state index in [9.17, 15) is 0 Å². The van der Waals surface area contributed by atoms with Crippen LogP contribution in [0.1, 0.15) is 42.4 Å². The second-order valence-corrected chi connectivity index (χ2v) is 11.2. The van der Waals surface area contributed by atoms with E-state index >= 15 is 0 Å². The molecule has 0 fully saturated rings. The quantitative estimate of drug-likeness (QED) is 0.312. The lowest BCUT2D eigenvalue weighted by atomic mass is 9.97. The summed E-state index contributed by atoms with van der Waals surface area (Å²) in [6.45, 7) is 1.13. The molecule has 0 saturated carbocycles. The van der Waals surface area contributed by atoms with Crippen LogP contribution in [0, 0.1) is 16.8 Å². The molecule has 0 spiro atoms. The number of aromatic nitrogens is 1. The lowest BCUT2D eigenvalue weighted by Gasteiger charge is -2.13. The number of nitrogens with zero attached hydrogens (tertiary/aromatic N) is 3. The van der Waals surface area contributed by atoms with E-state index in [0.717, 1.165) is 19.4 Å². The molecule has 0 saturated heterocycles. The number of hydrogen-bond donors (Lipinski definition) is 0. The molecule has 0 amide bonds. The molecule has 39 heavy (non-hydrogen) atoms. The minimum atomic E-state index is 1.13. The summed E-state index contributed by atoms with van der Waals surface area (Å²) >= 11 is 0. The number of fused-ring (bicyclic) bond motifs is 6. The van der Waals surface area contributed by atoms with Crippen molar-refractivity contribution in [1.82, 2.24) is 0 Å². The van der Waals surface area contributed by atoms with Gasteiger partial charge in [-0.25, -0.2) is 4.58 Å². The number of pyridine rings is 1. The first kappa shape index (κ1) is 23.8. The summed E-state index contributed by atoms with van der Waals surface area (Å²) in [6.07, 6.45) is 19.7. The fraction of sp³-hybridized carbons (Fsp3) is 0.222. The standard InChI is InChI=1S/C36H35N3/c1-37(2)32-18-17-29-22-26(13-14-30(29)24-32)11-12-27-23-31-16-15-28-8-7-21-38-19-5-3-9-33(38)35(28)36(31)34-10-4-6-20-39(34)25-27/h4,6,10-20,22-25H,3,5,7-9,21H2,1-2H3/q+2. The van der Waals surface area contributed by atoms with Crippen molar-refractivity contribution in [2.24, 2.45) is 0 Å². The third-order valence-corrected chi connectivity index (χ3v) is 8.36. The minimum absolute atomic E-state index is 1.13. The van der Waals surface area contributed by atoms with Crippen LogP contribution in [0.25, 0.3) is 28.6 Å². The van der Waals surface area contributed by atoms with Gasteiger partial charge in [-0.1, -0.05) is 36.4 Å². The maximum atomic E-state index is 2.56. The first-order valence-corrected chi connectivity index (χ1v) is 14.2. The highest BCUT2D eigenvalue weighted by molar-refractivity contribution is 5.88. The first-order chi connectivity index (χ1) is 19.1. The molecular weight excluding hydrogens is 474 g/mol. The van der Waals surface area contributed by atoms with E-state index in [2.05, 4.69) is 131 Å². The van der Waals surface area contributed by atoms with Gasteiger partial charge in [0.2, 0.25) is 5.35 Å². The van der Waals surface area contributed by atoms with Gasteiger partial charge in [-0.3, -0.25) is 0 Å².